The van der Waals surface area contributed by atoms with Gasteiger partial charge in [0.1, 0.15) is 11.6 Å². The van der Waals surface area contributed by atoms with Crippen molar-refractivity contribution in [3.05, 3.63) is 24.0 Å². The van der Waals surface area contributed by atoms with E-state index in [1.807, 2.05) is 0 Å². The van der Waals surface area contributed by atoms with Gasteiger partial charge in [0.15, 0.2) is 6.79 Å². The average molecular weight is 211 g/mol. The van der Waals surface area contributed by atoms with E-state index in [-0.39, 0.29) is 12.6 Å². The normalized spacial score (nSPS) is 15.3. The summed E-state index contributed by atoms with van der Waals surface area (Å²) in [5, 5.41) is 0. The third kappa shape index (κ3) is 3.09. The van der Waals surface area contributed by atoms with Crippen LogP contribution in [-0.2, 0) is 4.74 Å². The number of anilines is 1. The van der Waals surface area contributed by atoms with Crippen molar-refractivity contribution in [1.82, 2.24) is 0 Å². The van der Waals surface area contributed by atoms with Crippen molar-refractivity contribution in [2.75, 3.05) is 19.1 Å². The Balaban J connectivity index is 1.78. The molecule has 0 aromatic heterocycles. The van der Waals surface area contributed by atoms with Crippen molar-refractivity contribution in [2.45, 2.75) is 12.8 Å². The molecule has 0 radical (unpaired) electrons. The molecule has 0 heterocycles. The molecule has 3 nitrogen and oxygen atoms in total. The van der Waals surface area contributed by atoms with Gasteiger partial charge in [-0.15, -0.1) is 0 Å². The van der Waals surface area contributed by atoms with Crippen LogP contribution in [0.3, 0.4) is 0 Å². The summed E-state index contributed by atoms with van der Waals surface area (Å²) in [6.07, 6.45) is 2.48. The predicted octanol–water partition coefficient (Wildman–Crippen LogP) is 2.17. The number of rotatable bonds is 5. The molecule has 0 amide bonds. The molecule has 2 N–H and O–H groups in total. The summed E-state index contributed by atoms with van der Waals surface area (Å²) in [6.45, 7) is 0.847. The van der Waals surface area contributed by atoms with Gasteiger partial charge in [0, 0.05) is 6.07 Å². The topological polar surface area (TPSA) is 44.5 Å². The monoisotopic (exact) mass is 211 g/mol. The second-order valence-corrected chi connectivity index (χ2v) is 3.76. The van der Waals surface area contributed by atoms with Crippen LogP contribution >= 0.6 is 0 Å². The van der Waals surface area contributed by atoms with Gasteiger partial charge in [-0.3, -0.25) is 0 Å². The first-order chi connectivity index (χ1) is 7.25. The van der Waals surface area contributed by atoms with E-state index < -0.39 is 0 Å². The molecule has 1 aliphatic carbocycles. The van der Waals surface area contributed by atoms with E-state index in [9.17, 15) is 4.39 Å². The summed E-state index contributed by atoms with van der Waals surface area (Å²) < 4.78 is 23.3. The fourth-order valence-electron chi connectivity index (χ4n) is 1.24. The molecule has 1 aromatic rings. The molecule has 0 spiro atoms. The summed E-state index contributed by atoms with van der Waals surface area (Å²) in [7, 11) is 0. The Morgan fingerprint density at radius 3 is 2.93 bits per heavy atom. The standard InChI is InChI=1S/C11H14FNO2/c12-9-3-4-10(13)11(5-9)15-7-14-6-8-1-2-8/h3-5,8H,1-2,6-7,13H2. The van der Waals surface area contributed by atoms with E-state index in [1.165, 1.54) is 31.0 Å². The van der Waals surface area contributed by atoms with Crippen molar-refractivity contribution in [1.29, 1.82) is 0 Å². The quantitative estimate of drug-likeness (QED) is 0.461. The fourth-order valence-corrected chi connectivity index (χ4v) is 1.24. The lowest BCUT2D eigenvalue weighted by Crippen LogP contribution is -2.06. The van der Waals surface area contributed by atoms with Crippen molar-refractivity contribution >= 4 is 5.69 Å². The van der Waals surface area contributed by atoms with Crippen molar-refractivity contribution in [3.63, 3.8) is 0 Å². The average Bonchev–Trinajstić information content (AvgIpc) is 3.01. The summed E-state index contributed by atoms with van der Waals surface area (Å²) in [5.41, 5.74) is 6.02. The second kappa shape index (κ2) is 4.49. The molecular formula is C11H14FNO2. The van der Waals surface area contributed by atoms with Gasteiger partial charge in [-0.05, 0) is 30.9 Å². The van der Waals surface area contributed by atoms with Gasteiger partial charge in [0.2, 0.25) is 0 Å². The van der Waals surface area contributed by atoms with Crippen LogP contribution in [0.25, 0.3) is 0 Å². The van der Waals surface area contributed by atoms with Gasteiger partial charge in [-0.25, -0.2) is 4.39 Å². The van der Waals surface area contributed by atoms with E-state index in [4.69, 9.17) is 15.2 Å². The SMILES string of the molecule is Nc1ccc(F)cc1OCOCC1CC1. The van der Waals surface area contributed by atoms with E-state index in [0.29, 0.717) is 17.4 Å². The molecule has 1 aliphatic rings. The molecule has 0 aliphatic heterocycles. The third-order valence-corrected chi connectivity index (χ3v) is 2.32. The Morgan fingerprint density at radius 2 is 2.20 bits per heavy atom. The van der Waals surface area contributed by atoms with Crippen LogP contribution in [0.2, 0.25) is 0 Å². The Labute approximate surface area is 88.0 Å². The number of nitrogens with two attached hydrogens (primary N) is 1. The van der Waals surface area contributed by atoms with Gasteiger partial charge in [-0.2, -0.15) is 0 Å². The smallest absolute Gasteiger partial charge is 0.189 e. The minimum absolute atomic E-state index is 0.129. The first-order valence-corrected chi connectivity index (χ1v) is 5.01. The lowest BCUT2D eigenvalue weighted by atomic mass is 10.3. The summed E-state index contributed by atoms with van der Waals surface area (Å²) in [4.78, 5) is 0. The molecular weight excluding hydrogens is 197 g/mol. The number of benzene rings is 1. The highest BCUT2D eigenvalue weighted by Gasteiger charge is 2.21. The maximum atomic E-state index is 12.8. The Kier molecular flexibility index (Phi) is 3.06. The molecule has 1 aromatic carbocycles. The molecule has 82 valence electrons. The van der Waals surface area contributed by atoms with Crippen molar-refractivity contribution < 1.29 is 13.9 Å². The minimum Gasteiger partial charge on any atom is -0.465 e. The summed E-state index contributed by atoms with van der Waals surface area (Å²) in [6, 6.07) is 4.04. The van der Waals surface area contributed by atoms with Crippen LogP contribution in [-0.4, -0.2) is 13.4 Å². The molecule has 0 unspecified atom stereocenters. The molecule has 1 fully saturated rings. The Hall–Kier alpha value is -1.29. The second-order valence-electron chi connectivity index (χ2n) is 3.76. The Morgan fingerprint density at radius 1 is 1.40 bits per heavy atom. The highest BCUT2D eigenvalue weighted by molar-refractivity contribution is 5.52. The van der Waals surface area contributed by atoms with Gasteiger partial charge >= 0.3 is 0 Å². The van der Waals surface area contributed by atoms with Crippen molar-refractivity contribution in [3.8, 4) is 5.75 Å². The first kappa shape index (κ1) is 10.2. The zero-order chi connectivity index (χ0) is 10.7. The van der Waals surface area contributed by atoms with Gasteiger partial charge < -0.3 is 15.2 Å². The molecule has 1 saturated carbocycles. The lowest BCUT2D eigenvalue weighted by molar-refractivity contribution is 0.0103. The molecule has 15 heavy (non-hydrogen) atoms. The van der Waals surface area contributed by atoms with Crippen molar-refractivity contribution in [2.24, 2.45) is 5.92 Å². The zero-order valence-corrected chi connectivity index (χ0v) is 8.41. The van der Waals surface area contributed by atoms with Crippen LogP contribution in [0.1, 0.15) is 12.8 Å². The van der Waals surface area contributed by atoms with E-state index in [2.05, 4.69) is 0 Å². The highest BCUT2D eigenvalue weighted by Crippen LogP contribution is 2.29. The molecule has 2 rings (SSSR count). The maximum Gasteiger partial charge on any atom is 0.189 e. The predicted molar refractivity (Wildman–Crippen MR) is 55.0 cm³/mol. The number of nitrogen functional groups attached to an aromatic ring is 1. The number of hydrogen-bond donors (Lipinski definition) is 1. The van der Waals surface area contributed by atoms with Crippen LogP contribution in [0, 0.1) is 11.7 Å². The molecule has 0 saturated heterocycles. The van der Waals surface area contributed by atoms with Crippen LogP contribution in [0.4, 0.5) is 10.1 Å². The van der Waals surface area contributed by atoms with Crippen LogP contribution in [0.5, 0.6) is 5.75 Å². The van der Waals surface area contributed by atoms with E-state index in [0.717, 1.165) is 6.61 Å². The van der Waals surface area contributed by atoms with Crippen LogP contribution in [0.15, 0.2) is 18.2 Å². The van der Waals surface area contributed by atoms with E-state index >= 15 is 0 Å². The number of halogens is 1. The molecule has 0 atom stereocenters. The van der Waals surface area contributed by atoms with Gasteiger partial charge in [0.05, 0.1) is 12.3 Å². The summed E-state index contributed by atoms with van der Waals surface area (Å²) >= 11 is 0. The number of ether oxygens (including phenoxy) is 2. The van der Waals surface area contributed by atoms with Crippen LogP contribution < -0.4 is 10.5 Å². The largest absolute Gasteiger partial charge is 0.465 e. The molecule has 0 bridgehead atoms. The lowest BCUT2D eigenvalue weighted by Gasteiger charge is -2.08. The highest BCUT2D eigenvalue weighted by atomic mass is 19.1. The maximum absolute atomic E-state index is 12.8. The molecule has 4 heteroatoms. The number of hydrogen-bond acceptors (Lipinski definition) is 3. The minimum atomic E-state index is -0.360. The van der Waals surface area contributed by atoms with Gasteiger partial charge in [0.25, 0.3) is 0 Å². The fraction of sp³-hybridized carbons (Fsp3) is 0.455. The summed E-state index contributed by atoms with van der Waals surface area (Å²) in [5.74, 6) is 0.672. The Bertz CT molecular complexity index is 339. The van der Waals surface area contributed by atoms with E-state index in [1.54, 1.807) is 0 Å². The zero-order valence-electron chi connectivity index (χ0n) is 8.41. The first-order valence-electron chi connectivity index (χ1n) is 5.01. The van der Waals surface area contributed by atoms with Gasteiger partial charge in [-0.1, -0.05) is 0 Å². The third-order valence-electron chi connectivity index (χ3n) is 2.32.